The number of ether oxygens (including phenoxy) is 1. The van der Waals surface area contributed by atoms with Gasteiger partial charge in [-0.2, -0.15) is 0 Å². The van der Waals surface area contributed by atoms with E-state index in [0.717, 1.165) is 35.6 Å². The summed E-state index contributed by atoms with van der Waals surface area (Å²) in [5, 5.41) is 0.578. The Labute approximate surface area is 168 Å². The van der Waals surface area contributed by atoms with Gasteiger partial charge in [0.05, 0.1) is 12.0 Å². The van der Waals surface area contributed by atoms with Crippen LogP contribution in [0.2, 0.25) is 0 Å². The van der Waals surface area contributed by atoms with Crippen molar-refractivity contribution in [3.8, 4) is 5.75 Å². The molecule has 2 heterocycles. The summed E-state index contributed by atoms with van der Waals surface area (Å²) in [4.78, 5) is 17.9. The molecule has 0 saturated carbocycles. The van der Waals surface area contributed by atoms with Crippen molar-refractivity contribution in [3.63, 3.8) is 0 Å². The van der Waals surface area contributed by atoms with Gasteiger partial charge < -0.3 is 9.64 Å². The average Bonchev–Trinajstić information content (AvgIpc) is 3.06. The summed E-state index contributed by atoms with van der Waals surface area (Å²) >= 11 is 1.39. The number of carbonyl (C=O) groups is 1. The van der Waals surface area contributed by atoms with Crippen LogP contribution in [0.25, 0.3) is 10.1 Å². The van der Waals surface area contributed by atoms with Crippen molar-refractivity contribution < 1.29 is 13.9 Å². The van der Waals surface area contributed by atoms with E-state index >= 15 is 0 Å². The van der Waals surface area contributed by atoms with Gasteiger partial charge in [0.2, 0.25) is 0 Å². The molecule has 2 aromatic carbocycles. The third kappa shape index (κ3) is 3.62. The van der Waals surface area contributed by atoms with Crippen molar-refractivity contribution in [1.82, 2.24) is 9.80 Å². The van der Waals surface area contributed by atoms with E-state index in [0.29, 0.717) is 23.4 Å². The van der Waals surface area contributed by atoms with E-state index in [-0.39, 0.29) is 11.7 Å². The highest BCUT2D eigenvalue weighted by Gasteiger charge is 2.26. The first-order valence-electron chi connectivity index (χ1n) is 9.39. The molecule has 0 N–H and O–H groups in total. The summed E-state index contributed by atoms with van der Waals surface area (Å²) in [5.41, 5.74) is 1.99. The van der Waals surface area contributed by atoms with Gasteiger partial charge in [-0.05, 0) is 42.3 Å². The molecule has 1 aliphatic heterocycles. The van der Waals surface area contributed by atoms with Crippen LogP contribution in [0.4, 0.5) is 4.39 Å². The van der Waals surface area contributed by atoms with Crippen LogP contribution in [0.15, 0.2) is 42.5 Å². The molecule has 0 aliphatic carbocycles. The smallest absolute Gasteiger partial charge is 0.264 e. The molecule has 0 unspecified atom stereocenters. The zero-order valence-corrected chi connectivity index (χ0v) is 16.9. The van der Waals surface area contributed by atoms with E-state index in [1.165, 1.54) is 23.0 Å². The normalized spacial score (nSPS) is 15.2. The first-order chi connectivity index (χ1) is 13.6. The Balaban J connectivity index is 1.41. The summed E-state index contributed by atoms with van der Waals surface area (Å²) in [5.74, 6) is 0.617. The highest BCUT2D eigenvalue weighted by molar-refractivity contribution is 7.21. The van der Waals surface area contributed by atoms with E-state index < -0.39 is 0 Å². The predicted octanol–water partition coefficient (Wildman–Crippen LogP) is 4.32. The van der Waals surface area contributed by atoms with Gasteiger partial charge in [0.1, 0.15) is 11.6 Å². The number of benzene rings is 2. The maximum atomic E-state index is 14.1. The lowest BCUT2D eigenvalue weighted by molar-refractivity contribution is 0.0632. The number of rotatable bonds is 4. The van der Waals surface area contributed by atoms with Crippen LogP contribution in [-0.2, 0) is 6.54 Å². The standard InChI is InChI=1S/C22H23FN2O2S/c1-15-20-18(23)4-3-5-19(20)28-21(15)22(26)25-12-10-24(11-13-25)14-16-6-8-17(27-2)9-7-16/h3-9H,10-14H2,1-2H3. The number of halogens is 1. The Morgan fingerprint density at radius 1 is 1.11 bits per heavy atom. The lowest BCUT2D eigenvalue weighted by Crippen LogP contribution is -2.48. The fourth-order valence-electron chi connectivity index (χ4n) is 3.70. The molecular weight excluding hydrogens is 375 g/mol. The number of amides is 1. The zero-order valence-electron chi connectivity index (χ0n) is 16.1. The first kappa shape index (κ1) is 18.9. The highest BCUT2D eigenvalue weighted by Crippen LogP contribution is 2.33. The highest BCUT2D eigenvalue weighted by atomic mass is 32.1. The van der Waals surface area contributed by atoms with Crippen LogP contribution < -0.4 is 4.74 Å². The minimum atomic E-state index is -0.255. The summed E-state index contributed by atoms with van der Waals surface area (Å²) in [6.07, 6.45) is 0. The molecule has 146 valence electrons. The second-order valence-corrected chi connectivity index (χ2v) is 8.14. The lowest BCUT2D eigenvalue weighted by atomic mass is 10.1. The van der Waals surface area contributed by atoms with Crippen LogP contribution in [0.1, 0.15) is 20.8 Å². The molecule has 0 atom stereocenters. The van der Waals surface area contributed by atoms with Crippen LogP contribution in [0, 0.1) is 12.7 Å². The monoisotopic (exact) mass is 398 g/mol. The summed E-state index contributed by atoms with van der Waals surface area (Å²) < 4.78 is 20.2. The Morgan fingerprint density at radius 2 is 1.82 bits per heavy atom. The topological polar surface area (TPSA) is 32.8 Å². The molecule has 6 heteroatoms. The molecule has 28 heavy (non-hydrogen) atoms. The maximum absolute atomic E-state index is 14.1. The largest absolute Gasteiger partial charge is 0.497 e. The van der Waals surface area contributed by atoms with Crippen molar-refractivity contribution in [2.75, 3.05) is 33.3 Å². The Morgan fingerprint density at radius 3 is 2.46 bits per heavy atom. The van der Waals surface area contributed by atoms with Crippen LogP contribution in [-0.4, -0.2) is 49.0 Å². The summed E-state index contributed by atoms with van der Waals surface area (Å²) in [6, 6.07) is 13.1. The number of thiophene rings is 1. The number of carbonyl (C=O) groups excluding carboxylic acids is 1. The number of hydrogen-bond acceptors (Lipinski definition) is 4. The molecular formula is C22H23FN2O2S. The Bertz CT molecular complexity index is 992. The Kier molecular flexibility index (Phi) is 5.33. The fourth-order valence-corrected chi connectivity index (χ4v) is 4.89. The molecule has 0 bridgehead atoms. The van der Waals surface area contributed by atoms with Crippen molar-refractivity contribution in [3.05, 3.63) is 64.3 Å². The van der Waals surface area contributed by atoms with Gasteiger partial charge in [-0.1, -0.05) is 18.2 Å². The molecule has 4 nitrogen and oxygen atoms in total. The SMILES string of the molecule is COc1ccc(CN2CCN(C(=O)c3sc4cccc(F)c4c3C)CC2)cc1. The molecule has 1 aliphatic rings. The van der Waals surface area contributed by atoms with Gasteiger partial charge >= 0.3 is 0 Å². The Hall–Kier alpha value is -2.44. The fraction of sp³-hybridized carbons (Fsp3) is 0.318. The van der Waals surface area contributed by atoms with Crippen molar-refractivity contribution >= 4 is 27.3 Å². The van der Waals surface area contributed by atoms with Crippen molar-refractivity contribution in [2.24, 2.45) is 0 Å². The molecule has 4 rings (SSSR count). The number of fused-ring (bicyclic) bond motifs is 1. The van der Waals surface area contributed by atoms with E-state index in [1.807, 2.05) is 30.0 Å². The molecule has 1 amide bonds. The second kappa shape index (κ2) is 7.89. The van der Waals surface area contributed by atoms with E-state index in [9.17, 15) is 9.18 Å². The molecule has 1 saturated heterocycles. The number of nitrogens with zero attached hydrogens (tertiary/aromatic N) is 2. The van der Waals surface area contributed by atoms with E-state index in [2.05, 4.69) is 17.0 Å². The summed E-state index contributed by atoms with van der Waals surface area (Å²) in [6.45, 7) is 5.73. The molecule has 3 aromatic rings. The van der Waals surface area contributed by atoms with Crippen molar-refractivity contribution in [2.45, 2.75) is 13.5 Å². The number of methoxy groups -OCH3 is 1. The lowest BCUT2D eigenvalue weighted by Gasteiger charge is -2.34. The first-order valence-corrected chi connectivity index (χ1v) is 10.2. The van der Waals surface area contributed by atoms with Gasteiger partial charge in [-0.15, -0.1) is 11.3 Å². The molecule has 1 aromatic heterocycles. The minimum absolute atomic E-state index is 0.0159. The molecule has 0 spiro atoms. The predicted molar refractivity (Wildman–Crippen MR) is 111 cm³/mol. The maximum Gasteiger partial charge on any atom is 0.264 e. The second-order valence-electron chi connectivity index (χ2n) is 7.09. The van der Waals surface area contributed by atoms with Gasteiger partial charge in [0.15, 0.2) is 0 Å². The third-order valence-electron chi connectivity index (χ3n) is 5.32. The molecule has 0 radical (unpaired) electrons. The number of hydrogen-bond donors (Lipinski definition) is 0. The van der Waals surface area contributed by atoms with Crippen LogP contribution >= 0.6 is 11.3 Å². The van der Waals surface area contributed by atoms with Gasteiger partial charge in [0.25, 0.3) is 5.91 Å². The number of aryl methyl sites for hydroxylation is 1. The van der Waals surface area contributed by atoms with Gasteiger partial charge in [-0.25, -0.2) is 4.39 Å². The van der Waals surface area contributed by atoms with E-state index in [4.69, 9.17) is 4.74 Å². The van der Waals surface area contributed by atoms with Gasteiger partial charge in [-0.3, -0.25) is 9.69 Å². The van der Waals surface area contributed by atoms with E-state index in [1.54, 1.807) is 13.2 Å². The summed E-state index contributed by atoms with van der Waals surface area (Å²) in [7, 11) is 1.66. The molecule has 1 fully saturated rings. The minimum Gasteiger partial charge on any atom is -0.497 e. The number of piperazine rings is 1. The average molecular weight is 399 g/mol. The zero-order chi connectivity index (χ0) is 19.7. The van der Waals surface area contributed by atoms with Crippen LogP contribution in [0.3, 0.4) is 0 Å². The van der Waals surface area contributed by atoms with Crippen LogP contribution in [0.5, 0.6) is 5.75 Å². The quantitative estimate of drug-likeness (QED) is 0.656. The van der Waals surface area contributed by atoms with Gasteiger partial charge in [0, 0.05) is 42.8 Å². The van der Waals surface area contributed by atoms with Crippen molar-refractivity contribution in [1.29, 1.82) is 0 Å². The third-order valence-corrected chi connectivity index (χ3v) is 6.57.